The molecule has 162 valence electrons. The molecule has 3 aromatic carbocycles. The molecule has 0 bridgehead atoms. The second-order valence-corrected chi connectivity index (χ2v) is 8.22. The number of hydrogen-bond acceptors (Lipinski definition) is 2. The monoisotopic (exact) mass is 425 g/mol. The summed E-state index contributed by atoms with van der Waals surface area (Å²) in [6.07, 6.45) is 0. The van der Waals surface area contributed by atoms with Crippen molar-refractivity contribution < 1.29 is 9.69 Å². The first-order chi connectivity index (χ1) is 15.5. The highest BCUT2D eigenvalue weighted by molar-refractivity contribution is 6.04. The number of nitrogens with one attached hydrogen (secondary N) is 2. The zero-order chi connectivity index (χ0) is 22.5. The lowest BCUT2D eigenvalue weighted by Crippen LogP contribution is -3.06. The van der Waals surface area contributed by atoms with Crippen molar-refractivity contribution >= 4 is 11.6 Å². The van der Waals surface area contributed by atoms with Gasteiger partial charge in [0.15, 0.2) is 0 Å². The van der Waals surface area contributed by atoms with Crippen LogP contribution < -0.4 is 10.2 Å². The molecule has 2 N–H and O–H groups in total. The Kier molecular flexibility index (Phi) is 6.47. The van der Waals surface area contributed by atoms with Crippen molar-refractivity contribution in [2.75, 3.05) is 12.4 Å². The molecule has 0 saturated carbocycles. The predicted octanol–water partition coefficient (Wildman–Crippen LogP) is 3.96. The van der Waals surface area contributed by atoms with Gasteiger partial charge in [0.25, 0.3) is 5.91 Å². The Balaban J connectivity index is 1.40. The first-order valence-corrected chi connectivity index (χ1v) is 10.9. The zero-order valence-electron chi connectivity index (χ0n) is 18.8. The van der Waals surface area contributed by atoms with Crippen LogP contribution in [0.4, 0.5) is 5.69 Å². The van der Waals surface area contributed by atoms with Gasteiger partial charge in [0.1, 0.15) is 13.1 Å². The van der Waals surface area contributed by atoms with Crippen LogP contribution in [-0.4, -0.2) is 22.7 Å². The van der Waals surface area contributed by atoms with E-state index in [4.69, 9.17) is 5.10 Å². The van der Waals surface area contributed by atoms with Crippen molar-refractivity contribution in [3.63, 3.8) is 0 Å². The average Bonchev–Trinajstić information content (AvgIpc) is 3.09. The first-order valence-electron chi connectivity index (χ1n) is 10.9. The second-order valence-electron chi connectivity index (χ2n) is 8.22. The fourth-order valence-electron chi connectivity index (χ4n) is 3.96. The van der Waals surface area contributed by atoms with Crippen LogP contribution in [0.25, 0.3) is 5.69 Å². The van der Waals surface area contributed by atoms with Gasteiger partial charge in [-0.05, 0) is 50.2 Å². The third-order valence-electron chi connectivity index (χ3n) is 5.67. The Morgan fingerprint density at radius 2 is 1.50 bits per heavy atom. The molecule has 0 spiro atoms. The van der Waals surface area contributed by atoms with Gasteiger partial charge < -0.3 is 10.2 Å². The number of aromatic nitrogens is 2. The Bertz CT molecular complexity index is 1180. The van der Waals surface area contributed by atoms with Gasteiger partial charge in [-0.1, -0.05) is 48.5 Å². The third kappa shape index (κ3) is 4.95. The smallest absolute Gasteiger partial charge is 0.255 e. The molecule has 4 aromatic rings. The lowest BCUT2D eigenvalue weighted by atomic mass is 10.1. The molecule has 1 atom stereocenters. The summed E-state index contributed by atoms with van der Waals surface area (Å²) in [6.45, 7) is 5.97. The van der Waals surface area contributed by atoms with Gasteiger partial charge in [0, 0.05) is 16.8 Å². The molecular formula is C27H29N4O+. The van der Waals surface area contributed by atoms with Crippen LogP contribution in [0.3, 0.4) is 0 Å². The summed E-state index contributed by atoms with van der Waals surface area (Å²) in [5, 5.41) is 7.69. The fraction of sp³-hybridized carbons (Fsp3) is 0.185. The molecule has 0 radical (unpaired) electrons. The quantitative estimate of drug-likeness (QED) is 0.471. The summed E-state index contributed by atoms with van der Waals surface area (Å²) in [5.74, 6) is -0.0944. The van der Waals surface area contributed by atoms with Crippen molar-refractivity contribution in [2.24, 2.45) is 0 Å². The minimum absolute atomic E-state index is 0.0944. The van der Waals surface area contributed by atoms with E-state index in [2.05, 4.69) is 38.3 Å². The van der Waals surface area contributed by atoms with E-state index in [0.717, 1.165) is 30.2 Å². The summed E-state index contributed by atoms with van der Waals surface area (Å²) >= 11 is 0. The van der Waals surface area contributed by atoms with Crippen LogP contribution in [0.2, 0.25) is 0 Å². The molecule has 1 amide bonds. The lowest BCUT2D eigenvalue weighted by molar-refractivity contribution is -0.907. The van der Waals surface area contributed by atoms with Gasteiger partial charge in [0.2, 0.25) is 0 Å². The maximum atomic E-state index is 12.5. The Labute approximate surface area is 189 Å². The summed E-state index contributed by atoms with van der Waals surface area (Å²) in [4.78, 5) is 13.8. The molecule has 1 unspecified atom stereocenters. The van der Waals surface area contributed by atoms with Gasteiger partial charge in [0.05, 0.1) is 29.7 Å². The topological polar surface area (TPSA) is 51.4 Å². The number of carbonyl (C=O) groups is 1. The summed E-state index contributed by atoms with van der Waals surface area (Å²) in [6, 6.07) is 27.6. The number of benzene rings is 3. The molecule has 1 aromatic heterocycles. The molecule has 32 heavy (non-hydrogen) atoms. The van der Waals surface area contributed by atoms with Crippen LogP contribution >= 0.6 is 0 Å². The number of rotatable bonds is 7. The molecule has 4 rings (SSSR count). The van der Waals surface area contributed by atoms with E-state index in [1.165, 1.54) is 21.7 Å². The van der Waals surface area contributed by atoms with Gasteiger partial charge in [-0.15, -0.1) is 0 Å². The highest BCUT2D eigenvalue weighted by Crippen LogP contribution is 2.17. The molecule has 0 saturated heterocycles. The van der Waals surface area contributed by atoms with Gasteiger partial charge >= 0.3 is 0 Å². The average molecular weight is 426 g/mol. The maximum absolute atomic E-state index is 12.5. The molecule has 5 heteroatoms. The van der Waals surface area contributed by atoms with Crippen molar-refractivity contribution in [3.8, 4) is 5.69 Å². The molecule has 5 nitrogen and oxygen atoms in total. The number of nitrogens with zero attached hydrogens (tertiary/aromatic N) is 2. The van der Waals surface area contributed by atoms with E-state index in [0.29, 0.717) is 5.56 Å². The molecular weight excluding hydrogens is 396 g/mol. The number of aryl methyl sites for hydroxylation is 1. The van der Waals surface area contributed by atoms with Gasteiger partial charge in [-0.2, -0.15) is 5.10 Å². The lowest BCUT2D eigenvalue weighted by Gasteiger charge is -2.15. The van der Waals surface area contributed by atoms with Crippen LogP contribution in [0.1, 0.15) is 32.9 Å². The number of amides is 1. The Morgan fingerprint density at radius 1 is 0.875 bits per heavy atom. The minimum atomic E-state index is -0.0944. The number of anilines is 1. The fourth-order valence-corrected chi connectivity index (χ4v) is 3.96. The van der Waals surface area contributed by atoms with Crippen molar-refractivity contribution in [2.45, 2.75) is 26.9 Å². The Hall–Kier alpha value is -3.70. The van der Waals surface area contributed by atoms with Crippen molar-refractivity contribution in [1.82, 2.24) is 9.78 Å². The predicted molar refractivity (Wildman–Crippen MR) is 128 cm³/mol. The van der Waals surface area contributed by atoms with Crippen LogP contribution in [-0.2, 0) is 13.1 Å². The van der Waals surface area contributed by atoms with Crippen LogP contribution in [0.5, 0.6) is 0 Å². The van der Waals surface area contributed by atoms with Crippen molar-refractivity contribution in [3.05, 3.63) is 113 Å². The van der Waals surface area contributed by atoms with Gasteiger partial charge in [-0.25, -0.2) is 4.68 Å². The Morgan fingerprint density at radius 3 is 2.16 bits per heavy atom. The molecule has 0 aliphatic rings. The van der Waals surface area contributed by atoms with Crippen LogP contribution in [0.15, 0.2) is 84.9 Å². The van der Waals surface area contributed by atoms with E-state index in [-0.39, 0.29) is 5.91 Å². The highest BCUT2D eigenvalue weighted by atomic mass is 16.1. The summed E-state index contributed by atoms with van der Waals surface area (Å²) in [5.41, 5.74) is 7.27. The highest BCUT2D eigenvalue weighted by Gasteiger charge is 2.17. The molecule has 0 aliphatic carbocycles. The second kappa shape index (κ2) is 9.62. The van der Waals surface area contributed by atoms with Crippen molar-refractivity contribution in [1.29, 1.82) is 0 Å². The third-order valence-corrected chi connectivity index (χ3v) is 5.67. The van der Waals surface area contributed by atoms with Crippen LogP contribution in [0, 0.1) is 13.8 Å². The van der Waals surface area contributed by atoms with E-state index in [1.807, 2.05) is 77.5 Å². The van der Waals surface area contributed by atoms with E-state index < -0.39 is 0 Å². The normalized spacial score (nSPS) is 11.8. The molecule has 0 aliphatic heterocycles. The number of hydrogen-bond donors (Lipinski definition) is 2. The first kappa shape index (κ1) is 21.5. The number of para-hydroxylation sites is 2. The molecule has 0 fully saturated rings. The summed E-state index contributed by atoms with van der Waals surface area (Å²) in [7, 11) is 2.19. The van der Waals surface area contributed by atoms with E-state index >= 15 is 0 Å². The van der Waals surface area contributed by atoms with E-state index in [9.17, 15) is 4.79 Å². The standard InChI is InChI=1S/C27H28N4O/c1-20-26(21(2)31(29-20)25-12-8-5-9-13-25)19-30(3)18-22-14-16-23(17-15-22)27(32)28-24-10-6-4-7-11-24/h4-17H,18-19H2,1-3H3,(H,28,32)/p+1. The largest absolute Gasteiger partial charge is 0.330 e. The zero-order valence-corrected chi connectivity index (χ0v) is 18.8. The summed E-state index contributed by atoms with van der Waals surface area (Å²) < 4.78 is 2.03. The minimum Gasteiger partial charge on any atom is -0.330 e. The SMILES string of the molecule is Cc1nn(-c2ccccc2)c(C)c1C[NH+](C)Cc1ccc(C(=O)Nc2ccccc2)cc1. The maximum Gasteiger partial charge on any atom is 0.255 e. The van der Waals surface area contributed by atoms with E-state index in [1.54, 1.807) is 0 Å². The van der Waals surface area contributed by atoms with Gasteiger partial charge in [-0.3, -0.25) is 4.79 Å². The number of carbonyl (C=O) groups excluding carboxylic acids is 1. The number of quaternary nitrogens is 1. The molecule has 1 heterocycles.